The summed E-state index contributed by atoms with van der Waals surface area (Å²) in [6, 6.07) is 7.64. The lowest BCUT2D eigenvalue weighted by atomic mass is 10.1. The fraction of sp³-hybridized carbons (Fsp3) is 0.500. The van der Waals surface area contributed by atoms with Gasteiger partial charge in [-0.25, -0.2) is 0 Å². The van der Waals surface area contributed by atoms with Gasteiger partial charge >= 0.3 is 0 Å². The van der Waals surface area contributed by atoms with Gasteiger partial charge in [-0.05, 0) is 38.1 Å². The summed E-state index contributed by atoms with van der Waals surface area (Å²) in [7, 11) is 1.92. The number of hydrogen-bond donors (Lipinski definition) is 2. The number of likely N-dealkylation sites (N-methyl/N-ethyl adjacent to an activating group) is 1. The molecule has 0 aliphatic rings. The van der Waals surface area contributed by atoms with Crippen LogP contribution in [0.3, 0.4) is 0 Å². The van der Waals surface area contributed by atoms with E-state index in [0.717, 1.165) is 18.6 Å². The number of ether oxygens (including phenoxy) is 1. The van der Waals surface area contributed by atoms with Gasteiger partial charge < -0.3 is 15.2 Å². The summed E-state index contributed by atoms with van der Waals surface area (Å²) in [4.78, 5) is 0. The minimum Gasteiger partial charge on any atom is -0.508 e. The molecule has 0 aromatic heterocycles. The van der Waals surface area contributed by atoms with Crippen molar-refractivity contribution in [2.24, 2.45) is 0 Å². The zero-order chi connectivity index (χ0) is 11.1. The second-order valence-corrected chi connectivity index (χ2v) is 3.52. The molecule has 0 spiro atoms. The van der Waals surface area contributed by atoms with Gasteiger partial charge in [0.05, 0.1) is 6.61 Å². The van der Waals surface area contributed by atoms with E-state index in [-0.39, 0.29) is 0 Å². The van der Waals surface area contributed by atoms with Gasteiger partial charge in [-0.1, -0.05) is 12.1 Å². The summed E-state index contributed by atoms with van der Waals surface area (Å²) in [5.74, 6) is 0.318. The minimum atomic E-state index is 0.298. The normalized spacial score (nSPS) is 12.7. The molecule has 0 radical (unpaired) electrons. The summed E-state index contributed by atoms with van der Waals surface area (Å²) >= 11 is 0. The summed E-state index contributed by atoms with van der Waals surface area (Å²) in [6.07, 6.45) is 0.866. The molecule has 3 heteroatoms. The summed E-state index contributed by atoms with van der Waals surface area (Å²) in [5, 5.41) is 12.5. The SMILES string of the molecule is CCOCC(Cc1cccc(O)c1)NC. The molecule has 84 valence electrons. The van der Waals surface area contributed by atoms with Gasteiger partial charge in [0, 0.05) is 12.6 Å². The smallest absolute Gasteiger partial charge is 0.115 e. The molecule has 0 aliphatic heterocycles. The van der Waals surface area contributed by atoms with Gasteiger partial charge in [0.25, 0.3) is 0 Å². The molecule has 0 saturated heterocycles. The van der Waals surface area contributed by atoms with Crippen molar-refractivity contribution in [3.63, 3.8) is 0 Å². The lowest BCUT2D eigenvalue weighted by Gasteiger charge is -2.15. The van der Waals surface area contributed by atoms with Crippen molar-refractivity contribution in [1.82, 2.24) is 5.32 Å². The summed E-state index contributed by atoms with van der Waals surface area (Å²) < 4.78 is 5.36. The average molecular weight is 209 g/mol. The Bertz CT molecular complexity index is 289. The van der Waals surface area contributed by atoms with Crippen LogP contribution in [0.2, 0.25) is 0 Å². The van der Waals surface area contributed by atoms with E-state index < -0.39 is 0 Å². The van der Waals surface area contributed by atoms with Crippen LogP contribution in [0.25, 0.3) is 0 Å². The van der Waals surface area contributed by atoms with E-state index in [1.54, 1.807) is 12.1 Å². The highest BCUT2D eigenvalue weighted by atomic mass is 16.5. The summed E-state index contributed by atoms with van der Waals surface area (Å²) in [6.45, 7) is 3.42. The number of aromatic hydroxyl groups is 1. The van der Waals surface area contributed by atoms with Crippen LogP contribution < -0.4 is 5.32 Å². The molecule has 1 unspecified atom stereocenters. The predicted molar refractivity (Wildman–Crippen MR) is 61.2 cm³/mol. The van der Waals surface area contributed by atoms with E-state index >= 15 is 0 Å². The Morgan fingerprint density at radius 3 is 2.87 bits per heavy atom. The Kier molecular flexibility index (Phi) is 5.15. The second kappa shape index (κ2) is 6.43. The quantitative estimate of drug-likeness (QED) is 0.747. The van der Waals surface area contributed by atoms with Crippen molar-refractivity contribution in [3.8, 4) is 5.75 Å². The molecule has 3 nitrogen and oxygen atoms in total. The third kappa shape index (κ3) is 4.32. The third-order valence-corrected chi connectivity index (χ3v) is 2.32. The Labute approximate surface area is 91.1 Å². The van der Waals surface area contributed by atoms with E-state index in [9.17, 15) is 5.11 Å². The van der Waals surface area contributed by atoms with Crippen LogP contribution in [-0.2, 0) is 11.2 Å². The Hall–Kier alpha value is -1.06. The van der Waals surface area contributed by atoms with E-state index in [4.69, 9.17) is 4.74 Å². The number of phenols is 1. The maximum atomic E-state index is 9.32. The first-order valence-corrected chi connectivity index (χ1v) is 5.29. The number of hydrogen-bond acceptors (Lipinski definition) is 3. The number of nitrogens with one attached hydrogen (secondary N) is 1. The summed E-state index contributed by atoms with van der Waals surface area (Å²) in [5.41, 5.74) is 1.12. The number of rotatable bonds is 6. The first-order valence-electron chi connectivity index (χ1n) is 5.29. The van der Waals surface area contributed by atoms with Crippen molar-refractivity contribution < 1.29 is 9.84 Å². The van der Waals surface area contributed by atoms with E-state index in [0.29, 0.717) is 18.4 Å². The van der Waals surface area contributed by atoms with Crippen molar-refractivity contribution in [2.75, 3.05) is 20.3 Å². The highest BCUT2D eigenvalue weighted by Crippen LogP contribution is 2.12. The standard InChI is InChI=1S/C12H19NO2/c1-3-15-9-11(13-2)7-10-5-4-6-12(14)8-10/h4-6,8,11,13-14H,3,7,9H2,1-2H3. The first-order chi connectivity index (χ1) is 7.26. The highest BCUT2D eigenvalue weighted by molar-refractivity contribution is 5.27. The van der Waals surface area contributed by atoms with Gasteiger partial charge in [-0.2, -0.15) is 0 Å². The average Bonchev–Trinajstić information content (AvgIpc) is 2.24. The van der Waals surface area contributed by atoms with E-state index in [1.807, 2.05) is 26.1 Å². The minimum absolute atomic E-state index is 0.298. The molecule has 0 aliphatic carbocycles. The topological polar surface area (TPSA) is 41.5 Å². The molecule has 0 bridgehead atoms. The van der Waals surface area contributed by atoms with Crippen molar-refractivity contribution in [2.45, 2.75) is 19.4 Å². The molecular formula is C12H19NO2. The molecule has 1 rings (SSSR count). The zero-order valence-electron chi connectivity index (χ0n) is 9.36. The lowest BCUT2D eigenvalue weighted by Crippen LogP contribution is -2.32. The fourth-order valence-corrected chi connectivity index (χ4v) is 1.47. The van der Waals surface area contributed by atoms with Crippen LogP contribution in [0.4, 0.5) is 0 Å². The molecule has 0 heterocycles. The Morgan fingerprint density at radius 2 is 2.27 bits per heavy atom. The van der Waals surface area contributed by atoms with E-state index in [2.05, 4.69) is 5.32 Å². The van der Waals surface area contributed by atoms with Crippen LogP contribution in [0.5, 0.6) is 5.75 Å². The zero-order valence-corrected chi connectivity index (χ0v) is 9.36. The van der Waals surface area contributed by atoms with E-state index in [1.165, 1.54) is 0 Å². The Balaban J connectivity index is 2.50. The largest absolute Gasteiger partial charge is 0.508 e. The molecule has 0 saturated carbocycles. The van der Waals surface area contributed by atoms with Crippen LogP contribution in [0.1, 0.15) is 12.5 Å². The Morgan fingerprint density at radius 1 is 1.47 bits per heavy atom. The molecule has 1 aromatic carbocycles. The van der Waals surface area contributed by atoms with Crippen molar-refractivity contribution >= 4 is 0 Å². The maximum Gasteiger partial charge on any atom is 0.115 e. The molecule has 15 heavy (non-hydrogen) atoms. The molecule has 1 aromatic rings. The monoisotopic (exact) mass is 209 g/mol. The van der Waals surface area contributed by atoms with Gasteiger partial charge in [-0.3, -0.25) is 0 Å². The number of benzene rings is 1. The third-order valence-electron chi connectivity index (χ3n) is 2.32. The van der Waals surface area contributed by atoms with Gasteiger partial charge in [0.1, 0.15) is 5.75 Å². The molecule has 0 fully saturated rings. The lowest BCUT2D eigenvalue weighted by molar-refractivity contribution is 0.125. The van der Waals surface area contributed by atoms with Crippen LogP contribution in [0.15, 0.2) is 24.3 Å². The molecular weight excluding hydrogens is 190 g/mol. The van der Waals surface area contributed by atoms with Gasteiger partial charge in [0.2, 0.25) is 0 Å². The second-order valence-electron chi connectivity index (χ2n) is 3.52. The van der Waals surface area contributed by atoms with Crippen LogP contribution in [-0.4, -0.2) is 31.4 Å². The maximum absolute atomic E-state index is 9.32. The van der Waals surface area contributed by atoms with Gasteiger partial charge in [-0.15, -0.1) is 0 Å². The van der Waals surface area contributed by atoms with Crippen molar-refractivity contribution in [1.29, 1.82) is 0 Å². The molecule has 2 N–H and O–H groups in total. The van der Waals surface area contributed by atoms with Gasteiger partial charge in [0.15, 0.2) is 0 Å². The first kappa shape index (κ1) is 12.0. The molecule has 1 atom stereocenters. The van der Waals surface area contributed by atoms with Crippen molar-refractivity contribution in [3.05, 3.63) is 29.8 Å². The molecule has 0 amide bonds. The van der Waals surface area contributed by atoms with Crippen LogP contribution in [0, 0.1) is 0 Å². The predicted octanol–water partition coefficient (Wildman–Crippen LogP) is 1.56. The highest BCUT2D eigenvalue weighted by Gasteiger charge is 2.07. The fourth-order valence-electron chi connectivity index (χ4n) is 1.47. The number of phenolic OH excluding ortho intramolecular Hbond substituents is 1. The van der Waals surface area contributed by atoms with Crippen LogP contribution >= 0.6 is 0 Å².